The van der Waals surface area contributed by atoms with Crippen molar-refractivity contribution in [2.75, 3.05) is 6.61 Å². The van der Waals surface area contributed by atoms with Gasteiger partial charge in [0.1, 0.15) is 48.5 Å². The molecule has 4 saturated heterocycles. The van der Waals surface area contributed by atoms with Crippen molar-refractivity contribution in [3.05, 3.63) is 24.7 Å². The Labute approximate surface area is 221 Å². The molecule has 8 atom stereocenters. The van der Waals surface area contributed by atoms with Crippen molar-refractivity contribution in [3.8, 4) is 0 Å². The molecule has 0 aromatic rings. The lowest BCUT2D eigenvalue weighted by atomic mass is 9.97. The summed E-state index contributed by atoms with van der Waals surface area (Å²) < 4.78 is 57.0. The monoisotopic (exact) mass is 540 g/mol. The molecule has 4 fully saturated rings. The van der Waals surface area contributed by atoms with Crippen LogP contribution in [0.15, 0.2) is 24.7 Å². The molecule has 9 nitrogen and oxygen atoms in total. The van der Waals surface area contributed by atoms with Gasteiger partial charge in [0.25, 0.3) is 0 Å². The van der Waals surface area contributed by atoms with Gasteiger partial charge in [-0.3, -0.25) is 0 Å². The van der Waals surface area contributed by atoms with E-state index in [4.69, 9.17) is 42.0 Å². The number of ether oxygens (including phenoxy) is 7. The molecule has 5 rings (SSSR count). The zero-order valence-corrected chi connectivity index (χ0v) is 24.9. The summed E-state index contributed by atoms with van der Waals surface area (Å²) in [7, 11) is -2.74. The Hall–Kier alpha value is -0.983. The molecule has 5 heterocycles. The van der Waals surface area contributed by atoms with E-state index in [1.165, 1.54) is 0 Å². The fourth-order valence-electron chi connectivity index (χ4n) is 6.46. The molecule has 0 bridgehead atoms. The molecule has 0 aliphatic carbocycles. The van der Waals surface area contributed by atoms with E-state index in [0.29, 0.717) is 12.4 Å². The lowest BCUT2D eigenvalue weighted by Crippen LogP contribution is -2.67. The van der Waals surface area contributed by atoms with Crippen LogP contribution in [-0.4, -0.2) is 75.8 Å². The first kappa shape index (κ1) is 27.6. The molecule has 0 saturated carbocycles. The highest BCUT2D eigenvalue weighted by atomic mass is 28.4. The van der Waals surface area contributed by atoms with Crippen LogP contribution < -0.4 is 0 Å². The maximum absolute atomic E-state index is 6.96. The van der Waals surface area contributed by atoms with E-state index in [2.05, 4.69) is 48.1 Å². The van der Waals surface area contributed by atoms with E-state index in [-0.39, 0.29) is 28.4 Å². The molecule has 0 radical (unpaired) electrons. The molecular weight excluding hydrogens is 496 g/mol. The molecule has 210 valence electrons. The van der Waals surface area contributed by atoms with Gasteiger partial charge in [-0.05, 0) is 33.8 Å². The van der Waals surface area contributed by atoms with E-state index >= 15 is 0 Å². The van der Waals surface area contributed by atoms with Gasteiger partial charge < -0.3 is 42.0 Å². The quantitative estimate of drug-likeness (QED) is 0.375. The standard InChI is InChI=1S/C27H44O9Si/c1-15(18-20-21(33-26(8,9)32-20)22-23(31-18)35-27(10,11)34-22)30-16-12-13-28-17-14-29-37(24(2,3)4,25(5,6)7)36-19(16)17/h12-13,16-23H,1,14H2,2-11H3/t16-,17-,18-,19+,20+,21+,22-,23-/m1/s1. The van der Waals surface area contributed by atoms with Crippen LogP contribution in [0.25, 0.3) is 0 Å². The average molecular weight is 541 g/mol. The average Bonchev–Trinajstić information content (AvgIpc) is 3.25. The van der Waals surface area contributed by atoms with Crippen LogP contribution in [0, 0.1) is 0 Å². The predicted octanol–water partition coefficient (Wildman–Crippen LogP) is 4.65. The summed E-state index contributed by atoms with van der Waals surface area (Å²) in [5.41, 5.74) is 0. The zero-order chi connectivity index (χ0) is 27.2. The van der Waals surface area contributed by atoms with E-state index in [1.807, 2.05) is 33.8 Å². The molecule has 0 unspecified atom stereocenters. The van der Waals surface area contributed by atoms with Gasteiger partial charge >= 0.3 is 8.56 Å². The summed E-state index contributed by atoms with van der Waals surface area (Å²) in [5.74, 6) is -1.18. The smallest absolute Gasteiger partial charge is 0.349 e. The molecular formula is C27H44O9Si. The predicted molar refractivity (Wildman–Crippen MR) is 137 cm³/mol. The van der Waals surface area contributed by atoms with Gasteiger partial charge in [0.05, 0.1) is 12.9 Å². The van der Waals surface area contributed by atoms with Gasteiger partial charge in [-0.15, -0.1) is 0 Å². The highest BCUT2D eigenvalue weighted by Crippen LogP contribution is 2.55. The second-order valence-corrected chi connectivity index (χ2v) is 18.4. The third kappa shape index (κ3) is 4.71. The Kier molecular flexibility index (Phi) is 6.53. The topological polar surface area (TPSA) is 83.1 Å². The van der Waals surface area contributed by atoms with Gasteiger partial charge in [0, 0.05) is 10.1 Å². The Morgan fingerprint density at radius 2 is 1.46 bits per heavy atom. The normalized spacial score (nSPS) is 41.8. The van der Waals surface area contributed by atoms with Crippen LogP contribution in [0.2, 0.25) is 10.1 Å². The van der Waals surface area contributed by atoms with Crippen molar-refractivity contribution in [2.24, 2.45) is 0 Å². The second-order valence-electron chi connectivity index (χ2n) is 13.7. The minimum absolute atomic E-state index is 0.166. The highest BCUT2D eigenvalue weighted by Gasteiger charge is 2.64. The lowest BCUT2D eigenvalue weighted by molar-refractivity contribution is -0.234. The summed E-state index contributed by atoms with van der Waals surface area (Å²) >= 11 is 0. The summed E-state index contributed by atoms with van der Waals surface area (Å²) in [6.45, 7) is 25.3. The molecule has 0 amide bonds. The fraction of sp³-hybridized carbons (Fsp3) is 0.852. The molecule has 0 N–H and O–H groups in total. The van der Waals surface area contributed by atoms with Gasteiger partial charge in [-0.1, -0.05) is 48.1 Å². The largest absolute Gasteiger partial charge is 0.493 e. The molecule has 0 spiro atoms. The third-order valence-corrected chi connectivity index (χ3v) is 12.8. The van der Waals surface area contributed by atoms with Crippen LogP contribution in [0.4, 0.5) is 0 Å². The first-order valence-corrected chi connectivity index (χ1v) is 15.1. The molecule has 10 heteroatoms. The Morgan fingerprint density at radius 3 is 2.11 bits per heavy atom. The number of fused-ring (bicyclic) bond motifs is 4. The van der Waals surface area contributed by atoms with Gasteiger partial charge in [-0.2, -0.15) is 0 Å². The second kappa shape index (κ2) is 8.76. The minimum Gasteiger partial charge on any atom is -0.493 e. The fourth-order valence-corrected chi connectivity index (χ4v) is 11.4. The lowest BCUT2D eigenvalue weighted by Gasteiger charge is -2.55. The van der Waals surface area contributed by atoms with Gasteiger partial charge in [0.2, 0.25) is 0 Å². The number of hydrogen-bond acceptors (Lipinski definition) is 9. The first-order chi connectivity index (χ1) is 16.9. The van der Waals surface area contributed by atoms with Crippen molar-refractivity contribution in [3.63, 3.8) is 0 Å². The van der Waals surface area contributed by atoms with Crippen molar-refractivity contribution < 1.29 is 42.0 Å². The summed E-state index contributed by atoms with van der Waals surface area (Å²) in [5, 5.41) is -0.332. The van der Waals surface area contributed by atoms with E-state index < -0.39 is 50.8 Å². The van der Waals surface area contributed by atoms with Crippen molar-refractivity contribution in [1.29, 1.82) is 0 Å². The van der Waals surface area contributed by atoms with Crippen molar-refractivity contribution in [1.82, 2.24) is 0 Å². The Morgan fingerprint density at radius 1 is 0.865 bits per heavy atom. The van der Waals surface area contributed by atoms with Crippen LogP contribution >= 0.6 is 0 Å². The van der Waals surface area contributed by atoms with Crippen LogP contribution in [0.3, 0.4) is 0 Å². The third-order valence-electron chi connectivity index (χ3n) is 7.70. The Bertz CT molecular complexity index is 919. The molecule has 5 aliphatic heterocycles. The molecule has 5 aliphatic rings. The Balaban J connectivity index is 1.38. The van der Waals surface area contributed by atoms with Crippen LogP contribution in [-0.2, 0) is 42.0 Å². The first-order valence-electron chi connectivity index (χ1n) is 13.3. The van der Waals surface area contributed by atoms with Gasteiger partial charge in [-0.25, -0.2) is 0 Å². The van der Waals surface area contributed by atoms with Crippen LogP contribution in [0.1, 0.15) is 69.2 Å². The molecule has 0 aromatic heterocycles. The number of hydrogen-bond donors (Lipinski definition) is 0. The van der Waals surface area contributed by atoms with E-state index in [9.17, 15) is 0 Å². The maximum atomic E-state index is 6.96. The SMILES string of the molecule is C=C(O[C@@H]1C=CO[C@@H]2CO[Si](C(C)(C)C)(C(C)(C)C)O[C@@H]12)[C@H]1O[C@@H]2OC(C)(C)O[C@@H]2[C@H]2OC(C)(C)O[C@H]21. The molecule has 0 aromatic carbocycles. The number of rotatable bonds is 3. The van der Waals surface area contributed by atoms with Crippen molar-refractivity contribution in [2.45, 2.75) is 140 Å². The summed E-state index contributed by atoms with van der Waals surface area (Å²) in [6.07, 6.45) is -0.0470. The zero-order valence-electron chi connectivity index (χ0n) is 23.9. The van der Waals surface area contributed by atoms with E-state index in [1.54, 1.807) is 6.26 Å². The maximum Gasteiger partial charge on any atom is 0.349 e. The van der Waals surface area contributed by atoms with Crippen LogP contribution in [0.5, 0.6) is 0 Å². The van der Waals surface area contributed by atoms with Gasteiger partial charge in [0.15, 0.2) is 17.9 Å². The van der Waals surface area contributed by atoms with Crippen molar-refractivity contribution >= 4 is 8.56 Å². The highest BCUT2D eigenvalue weighted by molar-refractivity contribution is 6.73. The molecule has 37 heavy (non-hydrogen) atoms. The van der Waals surface area contributed by atoms with E-state index in [0.717, 1.165) is 0 Å². The summed E-state index contributed by atoms with van der Waals surface area (Å²) in [4.78, 5) is 0. The minimum atomic E-state index is -2.74. The summed E-state index contributed by atoms with van der Waals surface area (Å²) in [6, 6.07) is 0.